The fourth-order valence-electron chi connectivity index (χ4n) is 1.06. The number of aliphatic hydroxyl groups is 2. The van der Waals surface area contributed by atoms with E-state index in [2.05, 4.69) is 0 Å². The molecule has 2 N–H and O–H groups in total. The quantitative estimate of drug-likeness (QED) is 0.710. The minimum Gasteiger partial charge on any atom is -0.396 e. The van der Waals surface area contributed by atoms with Crippen LogP contribution < -0.4 is 0 Å². The molecule has 2 nitrogen and oxygen atoms in total. The van der Waals surface area contributed by atoms with E-state index in [-0.39, 0.29) is 19.1 Å². The van der Waals surface area contributed by atoms with E-state index in [1.54, 1.807) is 0 Å². The largest absolute Gasteiger partial charge is 0.396 e. The van der Waals surface area contributed by atoms with Crippen LogP contribution in [0, 0.1) is 0 Å². The molecule has 0 spiro atoms. The molecule has 1 rings (SSSR count). The van der Waals surface area contributed by atoms with E-state index < -0.39 is 0 Å². The topological polar surface area (TPSA) is 40.5 Å². The van der Waals surface area contributed by atoms with Crippen LogP contribution in [0.1, 0.15) is 24.0 Å². The molecule has 12 heavy (non-hydrogen) atoms. The van der Waals surface area contributed by atoms with Crippen molar-refractivity contribution in [2.75, 3.05) is 6.61 Å². The molecule has 66 valence electrons. The molecule has 2 heteroatoms. The molecule has 0 saturated heterocycles. The van der Waals surface area contributed by atoms with Gasteiger partial charge in [0.1, 0.15) is 0 Å². The molecule has 0 amide bonds. The minimum atomic E-state index is 0.0772. The maximum Gasteiger partial charge on any atom is 0.0681 e. The van der Waals surface area contributed by atoms with E-state index >= 15 is 0 Å². The lowest BCUT2D eigenvalue weighted by atomic mass is 10.0. The van der Waals surface area contributed by atoms with Gasteiger partial charge in [0, 0.05) is 12.5 Å². The standard InChI is InChI=1S/C10H14O2/c1-8(6-11)10-4-2-9(7-12)3-5-10/h2-5,8,11-12H,6-7H2,1H3. The first-order chi connectivity index (χ1) is 5.77. The summed E-state index contributed by atoms with van der Waals surface area (Å²) in [5.41, 5.74) is 2.01. The van der Waals surface area contributed by atoms with Crippen molar-refractivity contribution < 1.29 is 10.2 Å². The summed E-state index contributed by atoms with van der Waals surface area (Å²) in [4.78, 5) is 0. The Morgan fingerprint density at radius 2 is 1.75 bits per heavy atom. The lowest BCUT2D eigenvalue weighted by Gasteiger charge is -2.07. The van der Waals surface area contributed by atoms with Crippen molar-refractivity contribution in [3.63, 3.8) is 0 Å². The van der Waals surface area contributed by atoms with Gasteiger partial charge in [0.25, 0.3) is 0 Å². The van der Waals surface area contributed by atoms with Crippen molar-refractivity contribution in [1.82, 2.24) is 0 Å². The number of benzene rings is 1. The van der Waals surface area contributed by atoms with Crippen LogP contribution in [-0.4, -0.2) is 16.8 Å². The molecule has 0 aliphatic rings. The Labute approximate surface area is 72.5 Å². The van der Waals surface area contributed by atoms with Gasteiger partial charge in [0.2, 0.25) is 0 Å². The summed E-state index contributed by atoms with van der Waals surface area (Å²) in [5, 5.41) is 17.6. The lowest BCUT2D eigenvalue weighted by Crippen LogP contribution is -1.98. The van der Waals surface area contributed by atoms with Gasteiger partial charge in [0.15, 0.2) is 0 Å². The molecule has 1 aromatic carbocycles. The summed E-state index contributed by atoms with van der Waals surface area (Å²) in [7, 11) is 0. The van der Waals surface area contributed by atoms with Crippen LogP contribution in [0.3, 0.4) is 0 Å². The van der Waals surface area contributed by atoms with Crippen LogP contribution in [-0.2, 0) is 6.61 Å². The van der Waals surface area contributed by atoms with Crippen LogP contribution in [0.4, 0.5) is 0 Å². The molecule has 0 radical (unpaired) electrons. The zero-order valence-corrected chi connectivity index (χ0v) is 7.20. The second-order valence-corrected chi connectivity index (χ2v) is 2.98. The summed E-state index contributed by atoms with van der Waals surface area (Å²) in [6.07, 6.45) is 0. The highest BCUT2D eigenvalue weighted by atomic mass is 16.3. The highest BCUT2D eigenvalue weighted by Gasteiger charge is 2.02. The van der Waals surface area contributed by atoms with Gasteiger partial charge in [-0.25, -0.2) is 0 Å². The Hall–Kier alpha value is -0.860. The smallest absolute Gasteiger partial charge is 0.0681 e. The molecule has 0 aliphatic heterocycles. The van der Waals surface area contributed by atoms with Gasteiger partial charge in [-0.05, 0) is 11.1 Å². The summed E-state index contributed by atoms with van der Waals surface area (Å²) < 4.78 is 0. The van der Waals surface area contributed by atoms with Crippen molar-refractivity contribution >= 4 is 0 Å². The Kier molecular flexibility index (Phi) is 3.26. The molecule has 0 fully saturated rings. The second kappa shape index (κ2) is 4.24. The molecule has 0 heterocycles. The molecule has 0 saturated carbocycles. The number of hydrogen-bond donors (Lipinski definition) is 2. The van der Waals surface area contributed by atoms with Crippen LogP contribution in [0.2, 0.25) is 0 Å². The van der Waals surface area contributed by atoms with Crippen molar-refractivity contribution in [3.05, 3.63) is 35.4 Å². The first kappa shape index (κ1) is 9.23. The average Bonchev–Trinajstić information content (AvgIpc) is 2.17. The summed E-state index contributed by atoms with van der Waals surface area (Å²) in [6, 6.07) is 7.63. The van der Waals surface area contributed by atoms with E-state index in [4.69, 9.17) is 10.2 Å². The third kappa shape index (κ3) is 2.06. The van der Waals surface area contributed by atoms with Gasteiger partial charge < -0.3 is 10.2 Å². The van der Waals surface area contributed by atoms with Gasteiger partial charge in [-0.15, -0.1) is 0 Å². The molecule has 0 bridgehead atoms. The molecule has 1 aromatic rings. The summed E-state index contributed by atoms with van der Waals surface area (Å²) in [5.74, 6) is 0.178. The third-order valence-electron chi connectivity index (χ3n) is 2.01. The van der Waals surface area contributed by atoms with Crippen molar-refractivity contribution in [3.8, 4) is 0 Å². The fraction of sp³-hybridized carbons (Fsp3) is 0.400. The van der Waals surface area contributed by atoms with Gasteiger partial charge in [-0.1, -0.05) is 31.2 Å². The predicted molar refractivity (Wildman–Crippen MR) is 47.9 cm³/mol. The number of rotatable bonds is 3. The van der Waals surface area contributed by atoms with E-state index in [1.807, 2.05) is 31.2 Å². The Bertz CT molecular complexity index is 228. The van der Waals surface area contributed by atoms with Gasteiger partial charge in [0.05, 0.1) is 6.61 Å². The van der Waals surface area contributed by atoms with Crippen LogP contribution in [0.25, 0.3) is 0 Å². The normalized spacial score (nSPS) is 12.9. The average molecular weight is 166 g/mol. The molecular formula is C10H14O2. The Balaban J connectivity index is 2.77. The van der Waals surface area contributed by atoms with Gasteiger partial charge >= 0.3 is 0 Å². The number of aliphatic hydroxyl groups excluding tert-OH is 2. The second-order valence-electron chi connectivity index (χ2n) is 2.98. The molecule has 1 unspecified atom stereocenters. The van der Waals surface area contributed by atoms with Crippen LogP contribution >= 0.6 is 0 Å². The van der Waals surface area contributed by atoms with Gasteiger partial charge in [-0.3, -0.25) is 0 Å². The van der Waals surface area contributed by atoms with Crippen LogP contribution in [0.5, 0.6) is 0 Å². The van der Waals surface area contributed by atoms with Crippen molar-refractivity contribution in [2.24, 2.45) is 0 Å². The van der Waals surface area contributed by atoms with E-state index in [0.717, 1.165) is 11.1 Å². The number of hydrogen-bond acceptors (Lipinski definition) is 2. The van der Waals surface area contributed by atoms with E-state index in [9.17, 15) is 0 Å². The Morgan fingerprint density at radius 3 is 2.17 bits per heavy atom. The third-order valence-corrected chi connectivity index (χ3v) is 2.01. The summed E-state index contributed by atoms with van der Waals surface area (Å²) in [6.45, 7) is 2.21. The SMILES string of the molecule is CC(CO)c1ccc(CO)cc1. The molecule has 0 aliphatic carbocycles. The Morgan fingerprint density at radius 1 is 1.17 bits per heavy atom. The van der Waals surface area contributed by atoms with Gasteiger partial charge in [-0.2, -0.15) is 0 Å². The molecular weight excluding hydrogens is 152 g/mol. The molecule has 0 aromatic heterocycles. The first-order valence-corrected chi connectivity index (χ1v) is 4.08. The lowest BCUT2D eigenvalue weighted by molar-refractivity contribution is 0.272. The fourth-order valence-corrected chi connectivity index (χ4v) is 1.06. The van der Waals surface area contributed by atoms with E-state index in [1.165, 1.54) is 0 Å². The van der Waals surface area contributed by atoms with Crippen molar-refractivity contribution in [2.45, 2.75) is 19.4 Å². The minimum absolute atomic E-state index is 0.0772. The zero-order chi connectivity index (χ0) is 8.97. The van der Waals surface area contributed by atoms with E-state index in [0.29, 0.717) is 0 Å². The molecule has 1 atom stereocenters. The monoisotopic (exact) mass is 166 g/mol. The highest BCUT2D eigenvalue weighted by Crippen LogP contribution is 2.14. The predicted octanol–water partition coefficient (Wildman–Crippen LogP) is 1.27. The first-order valence-electron chi connectivity index (χ1n) is 4.08. The van der Waals surface area contributed by atoms with Crippen molar-refractivity contribution in [1.29, 1.82) is 0 Å². The summed E-state index contributed by atoms with van der Waals surface area (Å²) >= 11 is 0. The zero-order valence-electron chi connectivity index (χ0n) is 7.20. The van der Waals surface area contributed by atoms with Crippen LogP contribution in [0.15, 0.2) is 24.3 Å². The maximum atomic E-state index is 8.87. The highest BCUT2D eigenvalue weighted by molar-refractivity contribution is 5.24. The maximum absolute atomic E-state index is 8.87.